The van der Waals surface area contributed by atoms with Crippen LogP contribution in [0.3, 0.4) is 0 Å². The third-order valence-corrected chi connectivity index (χ3v) is 6.00. The molecule has 0 fully saturated rings. The third-order valence-electron chi connectivity index (χ3n) is 2.22. The highest BCUT2D eigenvalue weighted by Gasteiger charge is 2.22. The van der Waals surface area contributed by atoms with Crippen LogP contribution < -0.4 is 5.30 Å². The maximum atomic E-state index is 12.2. The summed E-state index contributed by atoms with van der Waals surface area (Å²) in [6, 6.07) is 5.87. The van der Waals surface area contributed by atoms with Crippen molar-refractivity contribution in [1.82, 2.24) is 0 Å². The second kappa shape index (κ2) is 4.77. The van der Waals surface area contributed by atoms with E-state index < -0.39 is 12.1 Å². The third kappa shape index (κ3) is 2.58. The lowest BCUT2D eigenvalue weighted by molar-refractivity contribution is -0.384. The average molecular weight is 248 g/mol. The smallest absolute Gasteiger partial charge is 0.270 e. The lowest BCUT2D eigenvalue weighted by Gasteiger charge is -2.12. The molecule has 1 aromatic rings. The Morgan fingerprint density at radius 2 is 2.20 bits per heavy atom. The summed E-state index contributed by atoms with van der Waals surface area (Å²) in [7, 11) is -2.64. The van der Waals surface area contributed by atoms with Crippen LogP contribution in [0.4, 0.5) is 5.69 Å². The van der Waals surface area contributed by atoms with Crippen LogP contribution >= 0.6 is 18.7 Å². The number of alkyl halides is 1. The van der Waals surface area contributed by atoms with Gasteiger partial charge in [0.05, 0.1) is 10.5 Å². The summed E-state index contributed by atoms with van der Waals surface area (Å²) >= 11 is 5.64. The Kier molecular flexibility index (Phi) is 3.89. The van der Waals surface area contributed by atoms with Crippen molar-refractivity contribution in [3.8, 4) is 0 Å². The summed E-state index contributed by atoms with van der Waals surface area (Å²) in [6.45, 7) is 1.77. The van der Waals surface area contributed by atoms with E-state index in [-0.39, 0.29) is 11.3 Å². The van der Waals surface area contributed by atoms with Crippen molar-refractivity contribution in [2.45, 2.75) is 6.92 Å². The molecule has 1 atom stereocenters. The standard InChI is InChI=1S/C9H11ClNO3P/c1-2-15(14,7-10)9-5-3-4-8(6-9)11(12)13/h3-6H,2,7H2,1H3. The van der Waals surface area contributed by atoms with Crippen LogP contribution in [-0.4, -0.2) is 16.7 Å². The molecule has 0 heterocycles. The summed E-state index contributed by atoms with van der Waals surface area (Å²) in [6.07, 6.45) is 0.414. The molecule has 0 amide bonds. The summed E-state index contributed by atoms with van der Waals surface area (Å²) in [4.78, 5) is 10.0. The molecular formula is C9H11ClNO3P. The van der Waals surface area contributed by atoms with Crippen molar-refractivity contribution in [3.05, 3.63) is 34.4 Å². The quantitative estimate of drug-likeness (QED) is 0.356. The predicted octanol–water partition coefficient (Wildman–Crippen LogP) is 2.80. The molecule has 0 aliphatic heterocycles. The topological polar surface area (TPSA) is 60.2 Å². The summed E-state index contributed by atoms with van der Waals surface area (Å²) in [5.74, 6) is 0. The first kappa shape index (κ1) is 12.2. The molecule has 6 heteroatoms. The van der Waals surface area contributed by atoms with Crippen molar-refractivity contribution >= 4 is 29.7 Å². The van der Waals surface area contributed by atoms with E-state index in [4.69, 9.17) is 11.6 Å². The van der Waals surface area contributed by atoms with E-state index in [1.54, 1.807) is 13.0 Å². The van der Waals surface area contributed by atoms with Crippen LogP contribution in [0.2, 0.25) is 0 Å². The van der Waals surface area contributed by atoms with Gasteiger partial charge >= 0.3 is 0 Å². The molecule has 0 aromatic heterocycles. The zero-order chi connectivity index (χ0) is 11.5. The highest BCUT2D eigenvalue weighted by Crippen LogP contribution is 2.45. The number of nitro benzene ring substituents is 1. The molecule has 0 spiro atoms. The molecule has 0 aliphatic rings. The molecule has 0 bridgehead atoms. The van der Waals surface area contributed by atoms with Crippen molar-refractivity contribution in [2.24, 2.45) is 0 Å². The fourth-order valence-corrected chi connectivity index (χ4v) is 3.51. The first-order chi connectivity index (χ1) is 7.03. The van der Waals surface area contributed by atoms with E-state index in [0.29, 0.717) is 11.5 Å². The number of hydrogen-bond acceptors (Lipinski definition) is 3. The largest absolute Gasteiger partial charge is 0.317 e. The highest BCUT2D eigenvalue weighted by atomic mass is 35.5. The van der Waals surface area contributed by atoms with Gasteiger partial charge in [-0.25, -0.2) is 0 Å². The Labute approximate surface area is 92.8 Å². The van der Waals surface area contributed by atoms with Crippen LogP contribution in [-0.2, 0) is 4.57 Å². The van der Waals surface area contributed by atoms with Gasteiger partial charge in [0.15, 0.2) is 0 Å². The minimum atomic E-state index is -2.64. The van der Waals surface area contributed by atoms with E-state index in [9.17, 15) is 14.7 Å². The number of hydrogen-bond donors (Lipinski definition) is 0. The van der Waals surface area contributed by atoms with Crippen LogP contribution in [0.25, 0.3) is 0 Å². The van der Waals surface area contributed by atoms with E-state index in [0.717, 1.165) is 0 Å². The molecule has 0 saturated heterocycles. The number of halogens is 1. The van der Waals surface area contributed by atoms with Gasteiger partial charge in [0.1, 0.15) is 7.14 Å². The first-order valence-electron chi connectivity index (χ1n) is 4.42. The maximum Gasteiger partial charge on any atom is 0.270 e. The Morgan fingerprint density at radius 3 is 2.67 bits per heavy atom. The lowest BCUT2D eigenvalue weighted by Crippen LogP contribution is -2.08. The fraction of sp³-hybridized carbons (Fsp3) is 0.333. The van der Waals surface area contributed by atoms with Gasteiger partial charge in [-0.3, -0.25) is 10.1 Å². The summed E-state index contributed by atoms with van der Waals surface area (Å²) in [5.41, 5.74) is -0.0312. The van der Waals surface area contributed by atoms with Crippen molar-refractivity contribution < 1.29 is 9.49 Å². The number of nitrogens with zero attached hydrogens (tertiary/aromatic N) is 1. The minimum Gasteiger partial charge on any atom is -0.317 e. The van der Waals surface area contributed by atoms with Gasteiger partial charge in [0, 0.05) is 23.6 Å². The zero-order valence-corrected chi connectivity index (χ0v) is 9.87. The molecule has 0 radical (unpaired) electrons. The Balaban J connectivity index is 3.21. The highest BCUT2D eigenvalue weighted by molar-refractivity contribution is 7.72. The molecule has 4 nitrogen and oxygen atoms in total. The SMILES string of the molecule is CCP(=O)(CCl)c1cccc([N+](=O)[O-])c1. The number of rotatable bonds is 4. The van der Waals surface area contributed by atoms with Crippen LogP contribution in [0.1, 0.15) is 6.92 Å². The van der Waals surface area contributed by atoms with Crippen LogP contribution in [0.5, 0.6) is 0 Å². The van der Waals surface area contributed by atoms with E-state index >= 15 is 0 Å². The monoisotopic (exact) mass is 247 g/mol. The first-order valence-corrected chi connectivity index (χ1v) is 7.03. The predicted molar refractivity (Wildman–Crippen MR) is 61.6 cm³/mol. The number of non-ortho nitro benzene ring substituents is 1. The second-order valence-electron chi connectivity index (χ2n) is 3.10. The molecule has 0 N–H and O–H groups in total. The fourth-order valence-electron chi connectivity index (χ4n) is 1.20. The summed E-state index contributed by atoms with van der Waals surface area (Å²) < 4.78 is 12.2. The Morgan fingerprint density at radius 1 is 1.53 bits per heavy atom. The van der Waals surface area contributed by atoms with Crippen LogP contribution in [0, 0.1) is 10.1 Å². The van der Waals surface area contributed by atoms with Gasteiger partial charge in [0.2, 0.25) is 0 Å². The van der Waals surface area contributed by atoms with Gasteiger partial charge in [0.25, 0.3) is 5.69 Å². The molecule has 1 rings (SSSR count). The van der Waals surface area contributed by atoms with Crippen molar-refractivity contribution in [2.75, 3.05) is 11.8 Å². The molecule has 1 aromatic carbocycles. The van der Waals surface area contributed by atoms with Crippen molar-refractivity contribution in [3.63, 3.8) is 0 Å². The Bertz CT molecular complexity index is 414. The molecule has 1 unspecified atom stereocenters. The number of benzene rings is 1. The molecule has 82 valence electrons. The molecule has 0 aliphatic carbocycles. The molecule has 0 saturated carbocycles. The van der Waals surface area contributed by atoms with Gasteiger partial charge in [-0.15, -0.1) is 11.6 Å². The van der Waals surface area contributed by atoms with Crippen LogP contribution in [0.15, 0.2) is 24.3 Å². The molecule has 15 heavy (non-hydrogen) atoms. The normalized spacial score (nSPS) is 14.5. The van der Waals surface area contributed by atoms with Crippen molar-refractivity contribution in [1.29, 1.82) is 0 Å². The van der Waals surface area contributed by atoms with E-state index in [2.05, 4.69) is 0 Å². The average Bonchev–Trinajstić information content (AvgIpc) is 2.28. The van der Waals surface area contributed by atoms with E-state index in [1.165, 1.54) is 18.2 Å². The number of nitro groups is 1. The second-order valence-corrected chi connectivity index (χ2v) is 6.99. The Hall–Kier alpha value is -0.860. The maximum absolute atomic E-state index is 12.2. The van der Waals surface area contributed by atoms with Gasteiger partial charge in [-0.1, -0.05) is 19.1 Å². The van der Waals surface area contributed by atoms with Gasteiger partial charge < -0.3 is 4.57 Å². The molecular weight excluding hydrogens is 237 g/mol. The summed E-state index contributed by atoms with van der Waals surface area (Å²) in [5, 5.41) is 11.0. The zero-order valence-electron chi connectivity index (χ0n) is 8.22. The minimum absolute atomic E-state index is 0.0185. The lowest BCUT2D eigenvalue weighted by atomic mass is 10.3. The van der Waals surface area contributed by atoms with E-state index in [1.807, 2.05) is 0 Å². The van der Waals surface area contributed by atoms with Gasteiger partial charge in [-0.2, -0.15) is 0 Å². The van der Waals surface area contributed by atoms with Gasteiger partial charge in [-0.05, 0) is 0 Å².